The third-order valence-corrected chi connectivity index (χ3v) is 4.12. The number of nitrogens with two attached hydrogens (primary N) is 1. The number of ether oxygens (including phenoxy) is 1. The van der Waals surface area contributed by atoms with Gasteiger partial charge < -0.3 is 9.64 Å². The number of hydrogen-bond acceptors (Lipinski definition) is 4. The monoisotopic (exact) mass is 276 g/mol. The number of fused-ring (bicyclic) bond motifs is 1. The van der Waals surface area contributed by atoms with Gasteiger partial charge in [0.05, 0.1) is 5.33 Å². The van der Waals surface area contributed by atoms with Crippen molar-refractivity contribution < 1.29 is 14.3 Å². The van der Waals surface area contributed by atoms with Gasteiger partial charge in [0.2, 0.25) is 0 Å². The van der Waals surface area contributed by atoms with Crippen molar-refractivity contribution in [2.24, 2.45) is 5.73 Å². The van der Waals surface area contributed by atoms with Crippen LogP contribution in [-0.4, -0.2) is 39.9 Å². The molecule has 2 N–H and O–H groups in total. The van der Waals surface area contributed by atoms with E-state index in [4.69, 9.17) is 10.5 Å². The summed E-state index contributed by atoms with van der Waals surface area (Å²) in [6.45, 7) is 2.13. The molecule has 5 nitrogen and oxygen atoms in total. The highest BCUT2D eigenvalue weighted by Gasteiger charge is 2.58. The molecule has 0 spiro atoms. The number of carbonyl (C=O) groups is 2. The summed E-state index contributed by atoms with van der Waals surface area (Å²) in [6, 6.07) is 0. The SMILES string of the molecule is C[C@]1(CBr)OC(=O)[C@]2(N)CCCN2C1=O. The lowest BCUT2D eigenvalue weighted by molar-refractivity contribution is -0.194. The molecule has 0 aliphatic carbocycles. The van der Waals surface area contributed by atoms with E-state index in [1.54, 1.807) is 6.92 Å². The van der Waals surface area contributed by atoms with E-state index in [0.29, 0.717) is 13.0 Å². The van der Waals surface area contributed by atoms with Gasteiger partial charge in [-0.05, 0) is 19.8 Å². The van der Waals surface area contributed by atoms with Gasteiger partial charge in [-0.3, -0.25) is 10.5 Å². The van der Waals surface area contributed by atoms with Gasteiger partial charge in [0.25, 0.3) is 5.91 Å². The average molecular weight is 277 g/mol. The van der Waals surface area contributed by atoms with Crippen LogP contribution in [0.15, 0.2) is 0 Å². The third-order valence-electron chi connectivity index (χ3n) is 3.05. The van der Waals surface area contributed by atoms with E-state index >= 15 is 0 Å². The maximum absolute atomic E-state index is 12.0. The van der Waals surface area contributed by atoms with E-state index in [9.17, 15) is 9.59 Å². The summed E-state index contributed by atoms with van der Waals surface area (Å²) < 4.78 is 5.15. The smallest absolute Gasteiger partial charge is 0.348 e. The molecule has 2 fully saturated rings. The fourth-order valence-corrected chi connectivity index (χ4v) is 2.40. The number of halogens is 1. The van der Waals surface area contributed by atoms with Crippen molar-refractivity contribution in [3.8, 4) is 0 Å². The number of rotatable bonds is 1. The van der Waals surface area contributed by atoms with Gasteiger partial charge in [0.1, 0.15) is 0 Å². The molecule has 0 bridgehead atoms. The Bertz CT molecular complexity index is 335. The first kappa shape index (κ1) is 10.9. The Labute approximate surface area is 96.1 Å². The van der Waals surface area contributed by atoms with Gasteiger partial charge in [0.15, 0.2) is 11.3 Å². The minimum absolute atomic E-state index is 0.209. The van der Waals surface area contributed by atoms with Gasteiger partial charge in [-0.1, -0.05) is 15.9 Å². The van der Waals surface area contributed by atoms with Gasteiger partial charge in [0, 0.05) is 6.54 Å². The highest BCUT2D eigenvalue weighted by atomic mass is 79.9. The molecule has 2 atom stereocenters. The Kier molecular flexibility index (Phi) is 2.31. The summed E-state index contributed by atoms with van der Waals surface area (Å²) >= 11 is 3.18. The molecule has 2 saturated heterocycles. The third kappa shape index (κ3) is 1.31. The second-order valence-electron chi connectivity index (χ2n) is 4.24. The number of hydrogen-bond donors (Lipinski definition) is 1. The Balaban J connectivity index is 2.38. The van der Waals surface area contributed by atoms with E-state index < -0.39 is 17.2 Å². The van der Waals surface area contributed by atoms with E-state index in [0.717, 1.165) is 6.42 Å². The largest absolute Gasteiger partial charge is 0.446 e. The Morgan fingerprint density at radius 1 is 1.60 bits per heavy atom. The fourth-order valence-electron chi connectivity index (χ4n) is 2.04. The zero-order valence-electron chi connectivity index (χ0n) is 8.46. The highest BCUT2D eigenvalue weighted by molar-refractivity contribution is 9.09. The van der Waals surface area contributed by atoms with Gasteiger partial charge in [-0.2, -0.15) is 0 Å². The fraction of sp³-hybridized carbons (Fsp3) is 0.778. The molecule has 1 amide bonds. The summed E-state index contributed by atoms with van der Waals surface area (Å²) in [5.74, 6) is -0.708. The van der Waals surface area contributed by atoms with Crippen LogP contribution in [0.5, 0.6) is 0 Å². The van der Waals surface area contributed by atoms with Crippen LogP contribution in [0.2, 0.25) is 0 Å². The lowest BCUT2D eigenvalue weighted by Crippen LogP contribution is -2.70. The number of morpholine rings is 1. The van der Waals surface area contributed by atoms with Crippen LogP contribution in [0.3, 0.4) is 0 Å². The molecule has 2 heterocycles. The molecule has 0 radical (unpaired) electrons. The zero-order chi connectivity index (χ0) is 11.3. The zero-order valence-corrected chi connectivity index (χ0v) is 10.0. The van der Waals surface area contributed by atoms with Crippen LogP contribution in [0.25, 0.3) is 0 Å². The minimum atomic E-state index is -1.22. The van der Waals surface area contributed by atoms with Crippen LogP contribution in [0.1, 0.15) is 19.8 Å². The molecule has 0 aromatic rings. The molecule has 2 aliphatic heterocycles. The summed E-state index contributed by atoms with van der Waals surface area (Å²) in [5, 5.41) is 0.289. The molecule has 15 heavy (non-hydrogen) atoms. The quantitative estimate of drug-likeness (QED) is 0.540. The first-order valence-corrected chi connectivity index (χ1v) is 5.96. The standard InChI is InChI=1S/C9H13BrN2O3/c1-8(5-10)6(13)12-4-2-3-9(12,11)7(14)15-8/h2-5,11H2,1H3/t8-,9+/m1/s1. The van der Waals surface area contributed by atoms with Crippen LogP contribution in [0, 0.1) is 0 Å². The van der Waals surface area contributed by atoms with Gasteiger partial charge in [-0.15, -0.1) is 0 Å². The van der Waals surface area contributed by atoms with Gasteiger partial charge in [-0.25, -0.2) is 4.79 Å². The normalized spacial score (nSPS) is 40.3. The number of nitrogens with zero attached hydrogens (tertiary/aromatic N) is 1. The number of carbonyl (C=O) groups excluding carboxylic acids is 2. The molecule has 6 heteroatoms. The molecule has 0 saturated carbocycles. The first-order chi connectivity index (χ1) is 6.94. The number of amides is 1. The predicted molar refractivity (Wildman–Crippen MR) is 56.2 cm³/mol. The molecule has 84 valence electrons. The van der Waals surface area contributed by atoms with Crippen molar-refractivity contribution in [3.05, 3.63) is 0 Å². The minimum Gasteiger partial charge on any atom is -0.446 e. The molecular weight excluding hydrogens is 264 g/mol. The Morgan fingerprint density at radius 2 is 2.27 bits per heavy atom. The molecule has 2 rings (SSSR count). The molecular formula is C9H13BrN2O3. The Hall–Kier alpha value is -0.620. The number of cyclic esters (lactones) is 1. The van der Waals surface area contributed by atoms with Crippen molar-refractivity contribution in [1.29, 1.82) is 0 Å². The Morgan fingerprint density at radius 3 is 2.87 bits per heavy atom. The maximum atomic E-state index is 12.0. The predicted octanol–water partition coefficient (Wildman–Crippen LogP) is -0.0258. The summed E-state index contributed by atoms with van der Waals surface area (Å²) in [7, 11) is 0. The summed E-state index contributed by atoms with van der Waals surface area (Å²) in [4.78, 5) is 25.2. The average Bonchev–Trinajstić information content (AvgIpc) is 2.59. The number of esters is 1. The summed E-state index contributed by atoms with van der Waals surface area (Å²) in [6.07, 6.45) is 1.23. The molecule has 0 unspecified atom stereocenters. The van der Waals surface area contributed by atoms with Crippen LogP contribution < -0.4 is 5.73 Å². The second kappa shape index (κ2) is 3.18. The molecule has 2 aliphatic rings. The highest BCUT2D eigenvalue weighted by Crippen LogP contribution is 2.35. The van der Waals surface area contributed by atoms with Crippen LogP contribution in [0.4, 0.5) is 0 Å². The van der Waals surface area contributed by atoms with Gasteiger partial charge >= 0.3 is 5.97 Å². The summed E-state index contributed by atoms with van der Waals surface area (Å²) in [5.41, 5.74) is 3.56. The maximum Gasteiger partial charge on any atom is 0.348 e. The number of alkyl halides is 1. The lowest BCUT2D eigenvalue weighted by atomic mass is 10.00. The van der Waals surface area contributed by atoms with Crippen molar-refractivity contribution in [2.75, 3.05) is 11.9 Å². The topological polar surface area (TPSA) is 72.6 Å². The van der Waals surface area contributed by atoms with Crippen molar-refractivity contribution >= 4 is 27.8 Å². The first-order valence-electron chi connectivity index (χ1n) is 4.84. The lowest BCUT2D eigenvalue weighted by Gasteiger charge is -2.44. The molecule has 0 aromatic heterocycles. The van der Waals surface area contributed by atoms with E-state index in [-0.39, 0.29) is 11.2 Å². The van der Waals surface area contributed by atoms with Crippen LogP contribution >= 0.6 is 15.9 Å². The van der Waals surface area contributed by atoms with Crippen molar-refractivity contribution in [1.82, 2.24) is 4.90 Å². The second-order valence-corrected chi connectivity index (χ2v) is 4.80. The molecule has 0 aromatic carbocycles. The van der Waals surface area contributed by atoms with Crippen molar-refractivity contribution in [3.63, 3.8) is 0 Å². The van der Waals surface area contributed by atoms with Crippen LogP contribution in [-0.2, 0) is 14.3 Å². The van der Waals surface area contributed by atoms with E-state index in [1.165, 1.54) is 4.90 Å². The van der Waals surface area contributed by atoms with E-state index in [1.807, 2.05) is 0 Å². The van der Waals surface area contributed by atoms with Crippen molar-refractivity contribution in [2.45, 2.75) is 31.0 Å². The van der Waals surface area contributed by atoms with E-state index in [2.05, 4.69) is 15.9 Å².